The van der Waals surface area contributed by atoms with E-state index in [2.05, 4.69) is 33.0 Å². The maximum atomic E-state index is 12.1. The summed E-state index contributed by atoms with van der Waals surface area (Å²) in [4.78, 5) is 12.1. The highest BCUT2D eigenvalue weighted by Crippen LogP contribution is 2.26. The van der Waals surface area contributed by atoms with E-state index in [0.29, 0.717) is 11.8 Å². The summed E-state index contributed by atoms with van der Waals surface area (Å²) in [5.41, 5.74) is 1.13. The van der Waals surface area contributed by atoms with Crippen molar-refractivity contribution in [2.24, 2.45) is 5.92 Å². The predicted molar refractivity (Wildman–Crippen MR) is 83.1 cm³/mol. The molecular weight excluding hydrogens is 250 g/mol. The monoisotopic (exact) mass is 277 g/mol. The van der Waals surface area contributed by atoms with Gasteiger partial charge in [-0.25, -0.2) is 0 Å². The zero-order valence-electron chi connectivity index (χ0n) is 13.4. The van der Waals surface area contributed by atoms with Crippen LogP contribution in [0.15, 0.2) is 24.3 Å². The molecular formula is C17H27NO2. The van der Waals surface area contributed by atoms with E-state index in [1.165, 1.54) is 0 Å². The summed E-state index contributed by atoms with van der Waals surface area (Å²) in [5, 5.41) is 2.98. The molecule has 0 aromatic heterocycles. The zero-order chi connectivity index (χ0) is 15.3. The van der Waals surface area contributed by atoms with Gasteiger partial charge in [0.2, 0.25) is 0 Å². The van der Waals surface area contributed by atoms with Crippen LogP contribution >= 0.6 is 0 Å². The van der Waals surface area contributed by atoms with Crippen LogP contribution in [0.4, 0.5) is 0 Å². The molecule has 0 aliphatic rings. The van der Waals surface area contributed by atoms with E-state index in [4.69, 9.17) is 4.74 Å². The Hall–Kier alpha value is -1.51. The van der Waals surface area contributed by atoms with Crippen molar-refractivity contribution in [1.82, 2.24) is 5.32 Å². The quantitative estimate of drug-likeness (QED) is 0.860. The molecule has 1 aromatic carbocycles. The van der Waals surface area contributed by atoms with Crippen LogP contribution in [0.2, 0.25) is 0 Å². The van der Waals surface area contributed by atoms with Crippen LogP contribution < -0.4 is 10.1 Å². The summed E-state index contributed by atoms with van der Waals surface area (Å²) in [5.74, 6) is 1.51. The highest BCUT2D eigenvalue weighted by Gasteiger charge is 2.19. The number of amides is 1. The van der Waals surface area contributed by atoms with Crippen LogP contribution in [-0.4, -0.2) is 18.1 Å². The minimum atomic E-state index is -0.490. The summed E-state index contributed by atoms with van der Waals surface area (Å²) in [6.45, 7) is 12.2. The van der Waals surface area contributed by atoms with E-state index < -0.39 is 6.10 Å². The van der Waals surface area contributed by atoms with E-state index >= 15 is 0 Å². The van der Waals surface area contributed by atoms with Gasteiger partial charge in [-0.05, 0) is 37.3 Å². The van der Waals surface area contributed by atoms with Crippen LogP contribution in [0.1, 0.15) is 53.0 Å². The van der Waals surface area contributed by atoms with Crippen LogP contribution in [0.25, 0.3) is 0 Å². The second-order valence-electron chi connectivity index (χ2n) is 5.99. The van der Waals surface area contributed by atoms with Gasteiger partial charge in [0.15, 0.2) is 6.10 Å². The minimum Gasteiger partial charge on any atom is -0.481 e. The molecule has 0 radical (unpaired) electrons. The number of carbonyl (C=O) groups excluding carboxylic acids is 1. The van der Waals surface area contributed by atoms with Gasteiger partial charge >= 0.3 is 0 Å². The maximum absolute atomic E-state index is 12.1. The Bertz CT molecular complexity index is 440. The van der Waals surface area contributed by atoms with Crippen molar-refractivity contribution < 1.29 is 9.53 Å². The topological polar surface area (TPSA) is 38.3 Å². The molecule has 1 N–H and O–H groups in total. The molecule has 112 valence electrons. The van der Waals surface area contributed by atoms with Gasteiger partial charge < -0.3 is 10.1 Å². The van der Waals surface area contributed by atoms with Crippen LogP contribution in [0.3, 0.4) is 0 Å². The van der Waals surface area contributed by atoms with Crippen molar-refractivity contribution in [1.29, 1.82) is 0 Å². The van der Waals surface area contributed by atoms with Gasteiger partial charge in [-0.3, -0.25) is 4.79 Å². The lowest BCUT2D eigenvalue weighted by molar-refractivity contribution is -0.128. The van der Waals surface area contributed by atoms with Crippen molar-refractivity contribution in [3.8, 4) is 5.75 Å². The highest BCUT2D eigenvalue weighted by atomic mass is 16.5. The van der Waals surface area contributed by atoms with Crippen molar-refractivity contribution in [2.75, 3.05) is 0 Å². The fraction of sp³-hybridized carbons (Fsp3) is 0.588. The molecule has 2 atom stereocenters. The molecule has 3 nitrogen and oxygen atoms in total. The standard InChI is InChI=1S/C17H27NO2/c1-11(2)13(5)18-17(19)14(6)20-16-10-8-7-9-15(16)12(3)4/h7-14H,1-6H3,(H,18,19)/t13-,14-/m0/s1. The number of rotatable bonds is 6. The number of benzene rings is 1. The van der Waals surface area contributed by atoms with E-state index in [-0.39, 0.29) is 11.9 Å². The first kappa shape index (κ1) is 16.5. The van der Waals surface area contributed by atoms with Crippen molar-refractivity contribution >= 4 is 5.91 Å². The third-order valence-corrected chi connectivity index (χ3v) is 3.58. The molecule has 0 heterocycles. The molecule has 1 amide bonds. The number of carbonyl (C=O) groups is 1. The van der Waals surface area contributed by atoms with Gasteiger partial charge in [0, 0.05) is 6.04 Å². The summed E-state index contributed by atoms with van der Waals surface area (Å²) < 4.78 is 5.84. The molecule has 3 heteroatoms. The van der Waals surface area contributed by atoms with Crippen LogP contribution in [0.5, 0.6) is 5.75 Å². The second-order valence-corrected chi connectivity index (χ2v) is 5.99. The lowest BCUT2D eigenvalue weighted by Gasteiger charge is -2.22. The smallest absolute Gasteiger partial charge is 0.260 e. The summed E-state index contributed by atoms with van der Waals surface area (Å²) in [6, 6.07) is 8.04. The van der Waals surface area contributed by atoms with Gasteiger partial charge in [-0.15, -0.1) is 0 Å². The number of hydrogen-bond acceptors (Lipinski definition) is 2. The van der Waals surface area contributed by atoms with Crippen molar-refractivity contribution in [3.05, 3.63) is 29.8 Å². The van der Waals surface area contributed by atoms with Gasteiger partial charge in [-0.2, -0.15) is 0 Å². The van der Waals surface area contributed by atoms with Gasteiger partial charge in [0.05, 0.1) is 0 Å². The van der Waals surface area contributed by atoms with Gasteiger partial charge in [0.25, 0.3) is 5.91 Å². The van der Waals surface area contributed by atoms with E-state index in [1.54, 1.807) is 6.92 Å². The Morgan fingerprint density at radius 2 is 1.65 bits per heavy atom. The molecule has 0 aliphatic heterocycles. The van der Waals surface area contributed by atoms with Gasteiger partial charge in [0.1, 0.15) is 5.75 Å². The molecule has 0 saturated heterocycles. The van der Waals surface area contributed by atoms with Crippen LogP contribution in [-0.2, 0) is 4.79 Å². The Morgan fingerprint density at radius 3 is 2.20 bits per heavy atom. The lowest BCUT2D eigenvalue weighted by atomic mass is 10.0. The molecule has 0 fully saturated rings. The summed E-state index contributed by atoms with van der Waals surface area (Å²) in [6.07, 6.45) is -0.490. The third kappa shape index (κ3) is 4.55. The normalized spacial score (nSPS) is 14.2. The third-order valence-electron chi connectivity index (χ3n) is 3.58. The average molecular weight is 277 g/mol. The van der Waals surface area contributed by atoms with E-state index in [1.807, 2.05) is 31.2 Å². The molecule has 0 unspecified atom stereocenters. The summed E-state index contributed by atoms with van der Waals surface area (Å²) in [7, 11) is 0. The lowest BCUT2D eigenvalue weighted by Crippen LogP contribution is -2.43. The molecule has 1 aromatic rings. The Kier molecular flexibility index (Phi) is 6.05. The predicted octanol–water partition coefficient (Wildman–Crippen LogP) is 3.74. The first-order valence-electron chi connectivity index (χ1n) is 7.38. The molecule has 0 aliphatic carbocycles. The highest BCUT2D eigenvalue weighted by molar-refractivity contribution is 5.81. The van der Waals surface area contributed by atoms with E-state index in [0.717, 1.165) is 11.3 Å². The Morgan fingerprint density at radius 1 is 1.05 bits per heavy atom. The largest absolute Gasteiger partial charge is 0.481 e. The fourth-order valence-electron chi connectivity index (χ4n) is 1.82. The first-order chi connectivity index (χ1) is 9.32. The Labute approximate surface area is 122 Å². The van der Waals surface area contributed by atoms with Crippen molar-refractivity contribution in [3.63, 3.8) is 0 Å². The maximum Gasteiger partial charge on any atom is 0.260 e. The van der Waals surface area contributed by atoms with Crippen molar-refractivity contribution in [2.45, 2.75) is 59.6 Å². The first-order valence-corrected chi connectivity index (χ1v) is 7.38. The second kappa shape index (κ2) is 7.32. The average Bonchev–Trinajstić information content (AvgIpc) is 2.38. The minimum absolute atomic E-state index is 0.0650. The molecule has 0 spiro atoms. The van der Waals surface area contributed by atoms with Crippen LogP contribution in [0, 0.1) is 5.92 Å². The Balaban J connectivity index is 2.71. The summed E-state index contributed by atoms with van der Waals surface area (Å²) >= 11 is 0. The molecule has 20 heavy (non-hydrogen) atoms. The zero-order valence-corrected chi connectivity index (χ0v) is 13.4. The molecule has 0 bridgehead atoms. The SMILES string of the molecule is CC(C)c1ccccc1O[C@@H](C)C(=O)N[C@@H](C)C(C)C. The van der Waals surface area contributed by atoms with Gasteiger partial charge in [-0.1, -0.05) is 45.9 Å². The number of hydrogen-bond donors (Lipinski definition) is 1. The molecule has 1 rings (SSSR count). The number of ether oxygens (including phenoxy) is 1. The van der Waals surface area contributed by atoms with E-state index in [9.17, 15) is 4.79 Å². The number of nitrogens with one attached hydrogen (secondary N) is 1. The number of para-hydroxylation sites is 1. The molecule has 0 saturated carbocycles. The fourth-order valence-corrected chi connectivity index (χ4v) is 1.82.